The van der Waals surface area contributed by atoms with Crippen molar-refractivity contribution >= 4 is 11.0 Å². The van der Waals surface area contributed by atoms with Crippen molar-refractivity contribution in [2.75, 3.05) is 0 Å². The zero-order chi connectivity index (χ0) is 16.7. The summed E-state index contributed by atoms with van der Waals surface area (Å²) in [7, 11) is 0. The van der Waals surface area contributed by atoms with Gasteiger partial charge in [0.05, 0.1) is 6.07 Å². The SMILES string of the molecule is CCc1ccc2c(-c3ccccc3C)c3ccc(=[NH2+])cc-3oc2c1. The van der Waals surface area contributed by atoms with Gasteiger partial charge in [-0.3, -0.25) is 5.41 Å². The summed E-state index contributed by atoms with van der Waals surface area (Å²) in [6.45, 7) is 4.30. The van der Waals surface area contributed by atoms with Gasteiger partial charge in [0.2, 0.25) is 0 Å². The molecule has 0 saturated carbocycles. The normalized spacial score (nSPS) is 11.2. The molecule has 2 nitrogen and oxygen atoms in total. The lowest BCUT2D eigenvalue weighted by Crippen LogP contribution is -2.44. The lowest BCUT2D eigenvalue weighted by molar-refractivity contribution is -0.172. The van der Waals surface area contributed by atoms with Gasteiger partial charge in [0.15, 0.2) is 5.36 Å². The summed E-state index contributed by atoms with van der Waals surface area (Å²) in [4.78, 5) is 0. The van der Waals surface area contributed by atoms with Crippen molar-refractivity contribution < 1.29 is 9.83 Å². The van der Waals surface area contributed by atoms with Gasteiger partial charge in [0, 0.05) is 22.6 Å². The Morgan fingerprint density at radius 3 is 2.54 bits per heavy atom. The van der Waals surface area contributed by atoms with Crippen LogP contribution in [0.15, 0.2) is 65.1 Å². The van der Waals surface area contributed by atoms with E-state index in [1.54, 1.807) is 0 Å². The number of hydrogen-bond donors (Lipinski definition) is 1. The fraction of sp³-hybridized carbons (Fsp3) is 0.136. The molecule has 24 heavy (non-hydrogen) atoms. The maximum absolute atomic E-state index is 6.19. The minimum atomic E-state index is 0.716. The molecule has 0 radical (unpaired) electrons. The Bertz CT molecular complexity index is 1070. The molecule has 0 aromatic heterocycles. The zero-order valence-electron chi connectivity index (χ0n) is 14.0. The summed E-state index contributed by atoms with van der Waals surface area (Å²) in [5.74, 6) is 0.828. The van der Waals surface area contributed by atoms with Crippen molar-refractivity contribution in [1.82, 2.24) is 0 Å². The maximum atomic E-state index is 6.19. The highest BCUT2D eigenvalue weighted by molar-refractivity contribution is 6.02. The molecular formula is C22H20NO+. The van der Waals surface area contributed by atoms with Gasteiger partial charge in [-0.2, -0.15) is 0 Å². The fourth-order valence-electron chi connectivity index (χ4n) is 3.31. The summed E-state index contributed by atoms with van der Waals surface area (Å²) >= 11 is 0. The average Bonchev–Trinajstić information content (AvgIpc) is 2.59. The molecule has 118 valence electrons. The highest BCUT2D eigenvalue weighted by Crippen LogP contribution is 2.40. The van der Waals surface area contributed by atoms with Crippen LogP contribution in [0.1, 0.15) is 18.1 Å². The Labute approximate surface area is 141 Å². The van der Waals surface area contributed by atoms with Gasteiger partial charge in [-0.25, -0.2) is 0 Å². The third-order valence-corrected chi connectivity index (χ3v) is 4.63. The molecule has 2 aromatic rings. The lowest BCUT2D eigenvalue weighted by atomic mass is 9.91. The third kappa shape index (κ3) is 2.31. The lowest BCUT2D eigenvalue weighted by Gasteiger charge is -2.16. The third-order valence-electron chi connectivity index (χ3n) is 4.63. The van der Waals surface area contributed by atoms with Crippen LogP contribution in [0.5, 0.6) is 0 Å². The van der Waals surface area contributed by atoms with Crippen LogP contribution in [0, 0.1) is 6.92 Å². The minimum Gasteiger partial charge on any atom is -0.456 e. The van der Waals surface area contributed by atoms with Crippen molar-refractivity contribution in [3.63, 3.8) is 0 Å². The molecule has 0 fully saturated rings. The monoisotopic (exact) mass is 314 g/mol. The first-order valence-electron chi connectivity index (χ1n) is 8.31. The number of rotatable bonds is 2. The zero-order valence-corrected chi connectivity index (χ0v) is 14.0. The Kier molecular flexibility index (Phi) is 3.46. The number of hydrogen-bond acceptors (Lipinski definition) is 1. The van der Waals surface area contributed by atoms with E-state index in [0.717, 1.165) is 28.7 Å². The van der Waals surface area contributed by atoms with Gasteiger partial charge in [-0.1, -0.05) is 43.3 Å². The molecule has 1 aliphatic carbocycles. The summed E-state index contributed by atoms with van der Waals surface area (Å²) in [6.07, 6.45) is 0.986. The molecule has 1 aliphatic heterocycles. The molecule has 4 rings (SSSR count). The Hall–Kier alpha value is -2.87. The van der Waals surface area contributed by atoms with Crippen LogP contribution in [-0.4, -0.2) is 0 Å². The molecule has 2 N–H and O–H groups in total. The van der Waals surface area contributed by atoms with Crippen LogP contribution in [-0.2, 0) is 6.42 Å². The molecule has 0 amide bonds. The van der Waals surface area contributed by atoms with E-state index >= 15 is 0 Å². The van der Waals surface area contributed by atoms with Crippen LogP contribution < -0.4 is 10.8 Å². The average molecular weight is 314 g/mol. The fourth-order valence-corrected chi connectivity index (χ4v) is 3.31. The molecule has 2 aromatic carbocycles. The highest BCUT2D eigenvalue weighted by Gasteiger charge is 2.18. The van der Waals surface area contributed by atoms with Crippen molar-refractivity contribution in [3.05, 3.63) is 77.1 Å². The molecule has 0 bridgehead atoms. The first kappa shape index (κ1) is 14.7. The van der Waals surface area contributed by atoms with E-state index in [-0.39, 0.29) is 0 Å². The second kappa shape index (κ2) is 5.64. The van der Waals surface area contributed by atoms with Crippen molar-refractivity contribution in [3.8, 4) is 22.5 Å². The van der Waals surface area contributed by atoms with Crippen molar-refractivity contribution in [1.29, 1.82) is 0 Å². The number of benzene rings is 3. The molecule has 0 atom stereocenters. The van der Waals surface area contributed by atoms with E-state index in [1.807, 2.05) is 12.1 Å². The predicted molar refractivity (Wildman–Crippen MR) is 97.4 cm³/mol. The number of fused-ring (bicyclic) bond motifs is 2. The summed E-state index contributed by atoms with van der Waals surface area (Å²) in [5, 5.41) is 7.84. The maximum Gasteiger partial charge on any atom is 0.200 e. The molecule has 0 unspecified atom stereocenters. The van der Waals surface area contributed by atoms with Gasteiger partial charge < -0.3 is 4.42 Å². The van der Waals surface area contributed by atoms with Crippen molar-refractivity contribution in [2.24, 2.45) is 0 Å². The molecule has 0 saturated heterocycles. The summed E-state index contributed by atoms with van der Waals surface area (Å²) in [6, 6.07) is 20.9. The Morgan fingerprint density at radius 1 is 0.917 bits per heavy atom. The van der Waals surface area contributed by atoms with Gasteiger partial charge in [-0.15, -0.1) is 0 Å². The van der Waals surface area contributed by atoms with E-state index in [1.165, 1.54) is 22.3 Å². The van der Waals surface area contributed by atoms with Crippen LogP contribution in [0.2, 0.25) is 0 Å². The standard InChI is InChI=1S/C22H19NO/c1-3-15-8-10-18-20(12-15)24-21-13-16(23)9-11-19(21)22(18)17-7-5-4-6-14(17)2/h4-13,23H,3H2,1-2H3/p+1. The van der Waals surface area contributed by atoms with Crippen LogP contribution in [0.3, 0.4) is 0 Å². The van der Waals surface area contributed by atoms with Crippen LogP contribution >= 0.6 is 0 Å². The molecule has 0 spiro atoms. The first-order chi connectivity index (χ1) is 11.7. The molecule has 2 heteroatoms. The second-order valence-corrected chi connectivity index (χ2v) is 6.23. The number of nitrogens with two attached hydrogens (primary N) is 1. The molecule has 2 aliphatic rings. The van der Waals surface area contributed by atoms with Gasteiger partial charge in [-0.05, 0) is 42.2 Å². The summed E-state index contributed by atoms with van der Waals surface area (Å²) in [5.41, 5.74) is 6.97. The largest absolute Gasteiger partial charge is 0.456 e. The van der Waals surface area contributed by atoms with E-state index in [9.17, 15) is 0 Å². The minimum absolute atomic E-state index is 0.716. The molecular weight excluding hydrogens is 294 g/mol. The Balaban J connectivity index is 2.19. The topological polar surface area (TPSA) is 38.7 Å². The van der Waals surface area contributed by atoms with Gasteiger partial charge >= 0.3 is 0 Å². The highest BCUT2D eigenvalue weighted by atomic mass is 16.3. The van der Waals surface area contributed by atoms with Gasteiger partial charge in [0.25, 0.3) is 0 Å². The number of aryl methyl sites for hydroxylation is 2. The quantitative estimate of drug-likeness (QED) is 0.563. The van der Waals surface area contributed by atoms with E-state index in [2.05, 4.69) is 62.4 Å². The molecule has 1 heterocycles. The Morgan fingerprint density at radius 2 is 1.75 bits per heavy atom. The van der Waals surface area contributed by atoms with E-state index < -0.39 is 0 Å². The summed E-state index contributed by atoms with van der Waals surface area (Å²) < 4.78 is 6.19. The van der Waals surface area contributed by atoms with Crippen LogP contribution in [0.25, 0.3) is 33.4 Å². The van der Waals surface area contributed by atoms with E-state index in [0.29, 0.717) is 5.36 Å². The van der Waals surface area contributed by atoms with Crippen LogP contribution in [0.4, 0.5) is 0 Å². The first-order valence-corrected chi connectivity index (χ1v) is 8.31. The second-order valence-electron chi connectivity index (χ2n) is 6.23. The van der Waals surface area contributed by atoms with E-state index in [4.69, 9.17) is 9.83 Å². The van der Waals surface area contributed by atoms with Crippen molar-refractivity contribution in [2.45, 2.75) is 20.3 Å². The smallest absolute Gasteiger partial charge is 0.200 e. The predicted octanol–water partition coefficient (Wildman–Crippen LogP) is 3.74. The van der Waals surface area contributed by atoms with Gasteiger partial charge in [0.1, 0.15) is 11.3 Å².